The highest BCUT2D eigenvalue weighted by atomic mass is 16.5. The van der Waals surface area contributed by atoms with Crippen molar-refractivity contribution in [1.29, 1.82) is 0 Å². The number of aromatic nitrogens is 4. The van der Waals surface area contributed by atoms with E-state index in [-0.39, 0.29) is 17.5 Å². The van der Waals surface area contributed by atoms with Gasteiger partial charge in [-0.1, -0.05) is 0 Å². The number of anilines is 3. The number of nitrogen functional groups attached to an aromatic ring is 1. The summed E-state index contributed by atoms with van der Waals surface area (Å²) in [4.78, 5) is 22.9. The van der Waals surface area contributed by atoms with Gasteiger partial charge >= 0.3 is 0 Å². The van der Waals surface area contributed by atoms with Crippen LogP contribution in [-0.4, -0.2) is 57.8 Å². The Morgan fingerprint density at radius 3 is 2.56 bits per heavy atom. The van der Waals surface area contributed by atoms with E-state index in [0.717, 1.165) is 48.1 Å². The quantitative estimate of drug-likeness (QED) is 0.858. The Morgan fingerprint density at radius 1 is 1.15 bits per heavy atom. The second-order valence-electron chi connectivity index (χ2n) is 8.19. The van der Waals surface area contributed by atoms with Crippen molar-refractivity contribution in [1.82, 2.24) is 19.9 Å². The summed E-state index contributed by atoms with van der Waals surface area (Å²) in [6, 6.07) is 0.233. The zero-order valence-electron chi connectivity index (χ0n) is 16.4. The normalized spacial score (nSPS) is 20.1. The summed E-state index contributed by atoms with van der Waals surface area (Å²) in [6.07, 6.45) is 4.40. The standard InChI is InChI=1S/C19H27N7O/c1-12-11-27-8-7-25(12)18-23-15(13-9-21-17(20)22-10-13)14-5-6-26(16(14)24-18)19(2,3)4/h9-10,12H,5-8,11H2,1-4H3,(H2,20,21,22). The number of hydrogen-bond donors (Lipinski definition) is 1. The van der Waals surface area contributed by atoms with Crippen molar-refractivity contribution < 1.29 is 4.74 Å². The maximum atomic E-state index is 5.68. The van der Waals surface area contributed by atoms with Gasteiger partial charge in [0.15, 0.2) is 0 Å². The Morgan fingerprint density at radius 2 is 1.89 bits per heavy atom. The van der Waals surface area contributed by atoms with Crippen LogP contribution in [0.15, 0.2) is 12.4 Å². The van der Waals surface area contributed by atoms with Crippen molar-refractivity contribution in [2.45, 2.75) is 45.7 Å². The first-order chi connectivity index (χ1) is 12.8. The zero-order valence-corrected chi connectivity index (χ0v) is 16.4. The zero-order chi connectivity index (χ0) is 19.2. The molecule has 0 amide bonds. The van der Waals surface area contributed by atoms with E-state index < -0.39 is 0 Å². The van der Waals surface area contributed by atoms with Crippen LogP contribution < -0.4 is 15.5 Å². The number of rotatable bonds is 2. The van der Waals surface area contributed by atoms with Crippen LogP contribution >= 0.6 is 0 Å². The van der Waals surface area contributed by atoms with E-state index in [1.54, 1.807) is 12.4 Å². The summed E-state index contributed by atoms with van der Waals surface area (Å²) >= 11 is 0. The third kappa shape index (κ3) is 3.29. The molecule has 4 heterocycles. The molecule has 1 atom stereocenters. The molecule has 144 valence electrons. The molecule has 2 aromatic heterocycles. The molecular formula is C19H27N7O. The molecule has 1 saturated heterocycles. The Kier molecular flexibility index (Phi) is 4.38. The first-order valence-corrected chi connectivity index (χ1v) is 9.45. The van der Waals surface area contributed by atoms with Gasteiger partial charge in [-0.15, -0.1) is 0 Å². The number of hydrogen-bond acceptors (Lipinski definition) is 8. The van der Waals surface area contributed by atoms with Gasteiger partial charge < -0.3 is 20.3 Å². The summed E-state index contributed by atoms with van der Waals surface area (Å²) in [5.74, 6) is 2.02. The lowest BCUT2D eigenvalue weighted by Crippen LogP contribution is -2.45. The molecule has 0 aromatic carbocycles. The summed E-state index contributed by atoms with van der Waals surface area (Å²) in [5, 5.41) is 0. The molecule has 0 aliphatic carbocycles. The van der Waals surface area contributed by atoms with E-state index in [4.69, 9.17) is 20.4 Å². The summed E-state index contributed by atoms with van der Waals surface area (Å²) in [6.45, 7) is 11.9. The molecule has 27 heavy (non-hydrogen) atoms. The van der Waals surface area contributed by atoms with E-state index in [1.807, 2.05) is 0 Å². The smallest absolute Gasteiger partial charge is 0.228 e. The molecule has 0 saturated carbocycles. The average Bonchev–Trinajstić information content (AvgIpc) is 3.06. The Labute approximate surface area is 159 Å². The molecule has 0 radical (unpaired) electrons. The summed E-state index contributed by atoms with van der Waals surface area (Å²) < 4.78 is 5.59. The largest absolute Gasteiger partial charge is 0.377 e. The van der Waals surface area contributed by atoms with Crippen LogP contribution in [-0.2, 0) is 11.2 Å². The second kappa shape index (κ2) is 6.60. The number of morpholine rings is 1. The molecule has 8 heteroatoms. The molecule has 0 spiro atoms. The molecule has 2 aliphatic heterocycles. The highest BCUT2D eigenvalue weighted by Gasteiger charge is 2.34. The van der Waals surface area contributed by atoms with Gasteiger partial charge in [0.2, 0.25) is 11.9 Å². The van der Waals surface area contributed by atoms with E-state index >= 15 is 0 Å². The summed E-state index contributed by atoms with van der Waals surface area (Å²) in [5.41, 5.74) is 8.60. The monoisotopic (exact) mass is 369 g/mol. The average molecular weight is 369 g/mol. The topological polar surface area (TPSA) is 93.3 Å². The van der Waals surface area contributed by atoms with Gasteiger partial charge in [0.05, 0.1) is 24.9 Å². The van der Waals surface area contributed by atoms with Crippen LogP contribution in [0.5, 0.6) is 0 Å². The van der Waals surface area contributed by atoms with E-state index in [0.29, 0.717) is 13.2 Å². The SMILES string of the molecule is CC1COCCN1c1nc(-c2cnc(N)nc2)c2c(n1)N(C(C)(C)C)CC2. The lowest BCUT2D eigenvalue weighted by Gasteiger charge is -2.36. The fourth-order valence-corrected chi connectivity index (χ4v) is 3.75. The molecule has 1 unspecified atom stereocenters. The van der Waals surface area contributed by atoms with Gasteiger partial charge in [-0.25, -0.2) is 15.0 Å². The highest BCUT2D eigenvalue weighted by molar-refractivity contribution is 5.73. The Balaban J connectivity index is 1.86. The van der Waals surface area contributed by atoms with Crippen LogP contribution in [0.1, 0.15) is 33.3 Å². The van der Waals surface area contributed by atoms with Gasteiger partial charge in [-0.3, -0.25) is 0 Å². The van der Waals surface area contributed by atoms with Crippen LogP contribution in [0, 0.1) is 0 Å². The van der Waals surface area contributed by atoms with Gasteiger partial charge in [0, 0.05) is 42.1 Å². The Hall–Kier alpha value is -2.48. The lowest BCUT2D eigenvalue weighted by molar-refractivity contribution is 0.0981. The van der Waals surface area contributed by atoms with Crippen molar-refractivity contribution in [3.63, 3.8) is 0 Å². The van der Waals surface area contributed by atoms with Crippen molar-refractivity contribution in [3.05, 3.63) is 18.0 Å². The number of nitrogens with zero attached hydrogens (tertiary/aromatic N) is 6. The van der Waals surface area contributed by atoms with Crippen molar-refractivity contribution in [2.75, 3.05) is 41.8 Å². The highest BCUT2D eigenvalue weighted by Crippen LogP contribution is 2.38. The maximum absolute atomic E-state index is 5.68. The number of fused-ring (bicyclic) bond motifs is 1. The predicted octanol–water partition coefficient (Wildman–Crippen LogP) is 1.90. The third-order valence-electron chi connectivity index (χ3n) is 5.19. The van der Waals surface area contributed by atoms with Crippen molar-refractivity contribution in [3.8, 4) is 11.3 Å². The van der Waals surface area contributed by atoms with Crippen LogP contribution in [0.3, 0.4) is 0 Å². The molecule has 2 aromatic rings. The number of ether oxygens (including phenoxy) is 1. The first-order valence-electron chi connectivity index (χ1n) is 9.45. The Bertz CT molecular complexity index is 831. The van der Waals surface area contributed by atoms with E-state index in [9.17, 15) is 0 Å². The molecule has 1 fully saturated rings. The van der Waals surface area contributed by atoms with Gasteiger partial charge in [0.1, 0.15) is 5.82 Å². The molecule has 0 bridgehead atoms. The van der Waals surface area contributed by atoms with E-state index in [2.05, 4.69) is 47.5 Å². The molecule has 2 N–H and O–H groups in total. The van der Waals surface area contributed by atoms with Crippen LogP contribution in [0.25, 0.3) is 11.3 Å². The minimum absolute atomic E-state index is 0.0115. The van der Waals surface area contributed by atoms with Gasteiger partial charge in [0.25, 0.3) is 0 Å². The molecule has 8 nitrogen and oxygen atoms in total. The van der Waals surface area contributed by atoms with Gasteiger partial charge in [-0.05, 0) is 34.1 Å². The van der Waals surface area contributed by atoms with Crippen molar-refractivity contribution >= 4 is 17.7 Å². The molecule has 4 rings (SSSR count). The third-order valence-corrected chi connectivity index (χ3v) is 5.19. The summed E-state index contributed by atoms with van der Waals surface area (Å²) in [7, 11) is 0. The van der Waals surface area contributed by atoms with Gasteiger partial charge in [-0.2, -0.15) is 4.98 Å². The van der Waals surface area contributed by atoms with Crippen molar-refractivity contribution in [2.24, 2.45) is 0 Å². The number of nitrogens with two attached hydrogens (primary N) is 1. The molecular weight excluding hydrogens is 342 g/mol. The minimum atomic E-state index is -0.0115. The maximum Gasteiger partial charge on any atom is 0.228 e. The predicted molar refractivity (Wildman–Crippen MR) is 106 cm³/mol. The van der Waals surface area contributed by atoms with Crippen LogP contribution in [0.4, 0.5) is 17.7 Å². The van der Waals surface area contributed by atoms with Crippen LogP contribution in [0.2, 0.25) is 0 Å². The minimum Gasteiger partial charge on any atom is -0.377 e. The second-order valence-corrected chi connectivity index (χ2v) is 8.19. The fourth-order valence-electron chi connectivity index (χ4n) is 3.75. The lowest BCUT2D eigenvalue weighted by atomic mass is 10.1. The molecule has 2 aliphatic rings. The van der Waals surface area contributed by atoms with E-state index in [1.165, 1.54) is 0 Å². The fraction of sp³-hybridized carbons (Fsp3) is 0.579. The first kappa shape index (κ1) is 17.9.